The summed E-state index contributed by atoms with van der Waals surface area (Å²) in [6.45, 7) is 9.06. The molecule has 5 rings (SSSR count). The van der Waals surface area contributed by atoms with Crippen LogP contribution in [-0.4, -0.2) is 82.2 Å². The number of nitrogens with zero attached hydrogens (tertiary/aromatic N) is 9. The van der Waals surface area contributed by atoms with Gasteiger partial charge in [0.15, 0.2) is 5.69 Å². The minimum atomic E-state index is -4.69. The summed E-state index contributed by atoms with van der Waals surface area (Å²) >= 11 is 6.35. The third-order valence-electron chi connectivity index (χ3n) is 7.28. The summed E-state index contributed by atoms with van der Waals surface area (Å²) < 4.78 is 56.2. The van der Waals surface area contributed by atoms with Gasteiger partial charge in [-0.25, -0.2) is 14.6 Å². The van der Waals surface area contributed by atoms with E-state index < -0.39 is 17.5 Å². The van der Waals surface area contributed by atoms with Gasteiger partial charge in [-0.2, -0.15) is 18.3 Å². The number of piperidine rings is 1. The highest BCUT2D eigenvalue weighted by molar-refractivity contribution is 6.32. The van der Waals surface area contributed by atoms with Crippen LogP contribution in [0.15, 0.2) is 43.1 Å². The summed E-state index contributed by atoms with van der Waals surface area (Å²) in [6.07, 6.45) is 2.01. The number of esters is 1. The highest BCUT2D eigenvalue weighted by Crippen LogP contribution is 2.37. The summed E-state index contributed by atoms with van der Waals surface area (Å²) in [5.41, 5.74) is -0.645. The van der Waals surface area contributed by atoms with Crippen molar-refractivity contribution >= 4 is 29.2 Å². The molecule has 13 nitrogen and oxygen atoms in total. The average molecular weight is 663 g/mol. The first kappa shape index (κ1) is 33.1. The third-order valence-corrected chi connectivity index (χ3v) is 7.59. The van der Waals surface area contributed by atoms with Gasteiger partial charge in [0.05, 0.1) is 23.3 Å². The number of carbonyl (C=O) groups excluding carboxylic acids is 1. The van der Waals surface area contributed by atoms with E-state index in [0.29, 0.717) is 60.9 Å². The van der Waals surface area contributed by atoms with Gasteiger partial charge in [0, 0.05) is 50.7 Å². The Balaban J connectivity index is 1.25. The minimum Gasteiger partial charge on any atom is -0.487 e. The predicted molar refractivity (Wildman–Crippen MR) is 161 cm³/mol. The zero-order valence-corrected chi connectivity index (χ0v) is 26.5. The highest BCUT2D eigenvalue weighted by Gasteiger charge is 2.39. The van der Waals surface area contributed by atoms with Gasteiger partial charge in [-0.1, -0.05) is 17.7 Å². The van der Waals surface area contributed by atoms with Gasteiger partial charge in [0.2, 0.25) is 5.95 Å². The monoisotopic (exact) mass is 662 g/mol. The Morgan fingerprint density at radius 1 is 1.15 bits per heavy atom. The zero-order chi connectivity index (χ0) is 33.1. The van der Waals surface area contributed by atoms with Crippen LogP contribution in [0, 0.1) is 0 Å². The molecule has 1 aromatic carbocycles. The lowest BCUT2D eigenvalue weighted by Gasteiger charge is -2.36. The summed E-state index contributed by atoms with van der Waals surface area (Å²) in [6, 6.07) is 4.95. The molecule has 0 radical (unpaired) electrons. The van der Waals surface area contributed by atoms with Crippen molar-refractivity contribution in [2.75, 3.05) is 25.0 Å². The van der Waals surface area contributed by atoms with Gasteiger partial charge < -0.3 is 14.8 Å². The summed E-state index contributed by atoms with van der Waals surface area (Å²) in [5.74, 6) is 0.0581. The molecule has 1 fully saturated rings. The lowest BCUT2D eigenvalue weighted by Crippen LogP contribution is -2.45. The maximum absolute atomic E-state index is 14.0. The predicted octanol–water partition coefficient (Wildman–Crippen LogP) is 5.19. The Hall–Kier alpha value is -4.31. The Kier molecular flexibility index (Phi) is 9.76. The number of ether oxygens (including phenoxy) is 2. The molecule has 0 saturated carbocycles. The molecule has 0 spiro atoms. The number of likely N-dealkylation sites (tertiary alicyclic amines) is 1. The van der Waals surface area contributed by atoms with Crippen LogP contribution in [0.2, 0.25) is 5.02 Å². The topological polar surface area (TPSA) is 138 Å². The minimum absolute atomic E-state index is 0.0168. The van der Waals surface area contributed by atoms with Crippen molar-refractivity contribution in [1.29, 1.82) is 0 Å². The van der Waals surface area contributed by atoms with E-state index in [4.69, 9.17) is 21.1 Å². The molecular formula is C29H34ClF3N10O3. The second-order valence-corrected chi connectivity index (χ2v) is 12.2. The number of benzene rings is 1. The molecule has 4 heterocycles. The van der Waals surface area contributed by atoms with Crippen molar-refractivity contribution in [1.82, 2.24) is 44.9 Å². The fourth-order valence-corrected chi connectivity index (χ4v) is 5.56. The third kappa shape index (κ3) is 8.48. The number of tetrazole rings is 1. The SMILES string of the molecule is CC(=O)OC(C)(C)CN1CCC(n2cc(Nc3ncc(-c4ccc(Cl)c(O[C@@H](C)Cn5cnnn5)c4)cn3)c(C(F)(F)F)n2)CC1. The molecule has 1 N–H and O–H groups in total. The number of alkyl halides is 3. The summed E-state index contributed by atoms with van der Waals surface area (Å²) in [5, 5.41) is 18.0. The van der Waals surface area contributed by atoms with E-state index in [0.717, 1.165) is 0 Å². The Bertz CT molecular complexity index is 1620. The van der Waals surface area contributed by atoms with E-state index in [1.807, 2.05) is 20.8 Å². The molecule has 1 atom stereocenters. The number of halogens is 4. The van der Waals surface area contributed by atoms with E-state index in [9.17, 15) is 18.0 Å². The van der Waals surface area contributed by atoms with Crippen molar-refractivity contribution in [3.63, 3.8) is 0 Å². The molecule has 4 aromatic rings. The lowest BCUT2D eigenvalue weighted by molar-refractivity contribution is -0.155. The molecule has 1 aliphatic rings. The van der Waals surface area contributed by atoms with Crippen LogP contribution in [0.25, 0.3) is 11.1 Å². The van der Waals surface area contributed by atoms with E-state index in [1.54, 1.807) is 18.2 Å². The number of hydrogen-bond donors (Lipinski definition) is 1. The summed E-state index contributed by atoms with van der Waals surface area (Å²) in [7, 11) is 0. The first-order valence-corrected chi connectivity index (χ1v) is 15.0. The number of anilines is 2. The van der Waals surface area contributed by atoms with Crippen LogP contribution in [0.4, 0.5) is 24.8 Å². The lowest BCUT2D eigenvalue weighted by atomic mass is 10.0. The van der Waals surface area contributed by atoms with Crippen molar-refractivity contribution < 1.29 is 27.4 Å². The molecule has 0 aliphatic carbocycles. The van der Waals surface area contributed by atoms with Gasteiger partial charge in [-0.05, 0) is 61.7 Å². The van der Waals surface area contributed by atoms with E-state index in [2.05, 4.69) is 40.8 Å². The summed E-state index contributed by atoms with van der Waals surface area (Å²) in [4.78, 5) is 22.0. The fraction of sp³-hybridized carbons (Fsp3) is 0.483. The molecule has 0 amide bonds. The second kappa shape index (κ2) is 13.6. The molecule has 246 valence electrons. The van der Waals surface area contributed by atoms with Crippen LogP contribution in [0.1, 0.15) is 52.3 Å². The number of aromatic nitrogens is 8. The number of nitrogens with one attached hydrogen (secondary N) is 1. The first-order valence-electron chi connectivity index (χ1n) is 14.6. The quantitative estimate of drug-likeness (QED) is 0.212. The van der Waals surface area contributed by atoms with Crippen LogP contribution < -0.4 is 10.1 Å². The van der Waals surface area contributed by atoms with Gasteiger partial charge in [0.1, 0.15) is 23.8 Å². The van der Waals surface area contributed by atoms with Gasteiger partial charge in [0.25, 0.3) is 0 Å². The molecular weight excluding hydrogens is 629 g/mol. The Morgan fingerprint density at radius 3 is 2.50 bits per heavy atom. The maximum Gasteiger partial charge on any atom is 0.437 e. The van der Waals surface area contributed by atoms with E-state index >= 15 is 0 Å². The van der Waals surface area contributed by atoms with Crippen LogP contribution >= 0.6 is 11.6 Å². The van der Waals surface area contributed by atoms with Crippen molar-refractivity contribution in [3.05, 3.63) is 53.8 Å². The van der Waals surface area contributed by atoms with Crippen LogP contribution in [0.3, 0.4) is 0 Å². The Morgan fingerprint density at radius 2 is 1.87 bits per heavy atom. The first-order chi connectivity index (χ1) is 21.8. The van der Waals surface area contributed by atoms with Crippen molar-refractivity contribution in [2.45, 2.75) is 71.0 Å². The van der Waals surface area contributed by atoms with Gasteiger partial charge in [-0.15, -0.1) is 5.10 Å². The van der Waals surface area contributed by atoms with Crippen molar-refractivity contribution in [2.24, 2.45) is 0 Å². The van der Waals surface area contributed by atoms with Crippen LogP contribution in [-0.2, 0) is 22.3 Å². The molecule has 0 bridgehead atoms. The molecule has 17 heteroatoms. The maximum atomic E-state index is 14.0. The van der Waals surface area contributed by atoms with Gasteiger partial charge in [-0.3, -0.25) is 14.4 Å². The fourth-order valence-electron chi connectivity index (χ4n) is 5.40. The Labute approximate surface area is 268 Å². The molecule has 46 heavy (non-hydrogen) atoms. The second-order valence-electron chi connectivity index (χ2n) is 11.8. The van der Waals surface area contributed by atoms with E-state index in [-0.39, 0.29) is 29.8 Å². The number of carbonyl (C=O) groups is 1. The highest BCUT2D eigenvalue weighted by atomic mass is 35.5. The molecule has 1 aliphatic heterocycles. The largest absolute Gasteiger partial charge is 0.487 e. The normalized spacial score (nSPS) is 15.5. The number of hydrogen-bond acceptors (Lipinski definition) is 11. The zero-order valence-electron chi connectivity index (χ0n) is 25.7. The molecule has 3 aromatic heterocycles. The number of rotatable bonds is 11. The smallest absolute Gasteiger partial charge is 0.437 e. The van der Waals surface area contributed by atoms with Crippen LogP contribution in [0.5, 0.6) is 5.75 Å². The standard InChI is InChI=1S/C29H34ClF3N10O3/c1-18(14-42-17-36-39-40-42)45-25-11-20(5-6-23(25)30)21-12-34-27(35-13-21)37-24-15-43(38-26(24)29(31,32)33)22-7-9-41(10-8-22)16-28(3,4)46-19(2)44/h5-6,11-13,15,17-18,22H,7-10,14,16H2,1-4H3,(H,34,35,37)/t18-/m0/s1. The van der Waals surface area contributed by atoms with Gasteiger partial charge >= 0.3 is 12.1 Å². The average Bonchev–Trinajstić information content (AvgIpc) is 3.64. The van der Waals surface area contributed by atoms with Crippen molar-refractivity contribution in [3.8, 4) is 16.9 Å². The molecule has 1 saturated heterocycles. The van der Waals surface area contributed by atoms with E-state index in [1.165, 1.54) is 41.2 Å². The molecule has 0 unspecified atom stereocenters.